The van der Waals surface area contributed by atoms with E-state index in [-0.39, 0.29) is 24.8 Å². The van der Waals surface area contributed by atoms with E-state index in [1.807, 2.05) is 31.2 Å². The maximum Gasteiger partial charge on any atom is 0.308 e. The van der Waals surface area contributed by atoms with Gasteiger partial charge in [0.2, 0.25) is 5.91 Å². The van der Waals surface area contributed by atoms with Crippen molar-refractivity contribution in [2.45, 2.75) is 39.3 Å². The number of halogens is 1. The van der Waals surface area contributed by atoms with Gasteiger partial charge in [-0.1, -0.05) is 29.8 Å². The van der Waals surface area contributed by atoms with E-state index in [0.29, 0.717) is 4.67 Å². The molecule has 0 spiro atoms. The fraction of sp³-hybridized carbons (Fsp3) is 0.350. The molecule has 2 rings (SSSR count). The second kappa shape index (κ2) is 10.1. The van der Waals surface area contributed by atoms with Gasteiger partial charge in [-0.15, -0.1) is 0 Å². The molecular formula is C20H23BrN2O5. The Bertz CT molecular complexity index is 829. The van der Waals surface area contributed by atoms with E-state index in [1.165, 1.54) is 6.07 Å². The SMILES string of the molecule is Cc1ccc(C(CC(=O)OC(C)C)NC(=O)CNC(=O)c2ccc(Br)o2)cc1. The van der Waals surface area contributed by atoms with Gasteiger partial charge in [0.1, 0.15) is 0 Å². The van der Waals surface area contributed by atoms with Crippen LogP contribution in [0, 0.1) is 6.92 Å². The van der Waals surface area contributed by atoms with Crippen molar-refractivity contribution in [1.29, 1.82) is 0 Å². The number of carbonyl (C=O) groups is 3. The predicted molar refractivity (Wildman–Crippen MR) is 107 cm³/mol. The Morgan fingerprint density at radius 2 is 1.79 bits per heavy atom. The molecule has 1 heterocycles. The highest BCUT2D eigenvalue weighted by molar-refractivity contribution is 9.10. The minimum Gasteiger partial charge on any atom is -0.463 e. The number of furan rings is 1. The maximum atomic E-state index is 12.3. The first-order valence-corrected chi connectivity index (χ1v) is 9.63. The third-order valence-electron chi connectivity index (χ3n) is 3.76. The van der Waals surface area contributed by atoms with Crippen LogP contribution in [0.2, 0.25) is 0 Å². The van der Waals surface area contributed by atoms with E-state index in [1.54, 1.807) is 19.9 Å². The molecule has 0 saturated carbocycles. The Morgan fingerprint density at radius 1 is 1.11 bits per heavy atom. The topological polar surface area (TPSA) is 97.6 Å². The molecule has 1 aromatic carbocycles. The van der Waals surface area contributed by atoms with Crippen LogP contribution in [0.5, 0.6) is 0 Å². The summed E-state index contributed by atoms with van der Waals surface area (Å²) in [5, 5.41) is 5.26. The van der Waals surface area contributed by atoms with Crippen LogP contribution in [-0.4, -0.2) is 30.4 Å². The fourth-order valence-corrected chi connectivity index (χ4v) is 2.76. The number of hydrogen-bond acceptors (Lipinski definition) is 5. The molecule has 2 amide bonds. The smallest absolute Gasteiger partial charge is 0.308 e. The van der Waals surface area contributed by atoms with Crippen LogP contribution in [0.1, 0.15) is 48.0 Å². The number of ether oxygens (including phenoxy) is 1. The van der Waals surface area contributed by atoms with Crippen LogP contribution in [0.3, 0.4) is 0 Å². The maximum absolute atomic E-state index is 12.3. The average molecular weight is 451 g/mol. The minimum absolute atomic E-state index is 0.00788. The van der Waals surface area contributed by atoms with Gasteiger partial charge in [-0.3, -0.25) is 14.4 Å². The summed E-state index contributed by atoms with van der Waals surface area (Å²) >= 11 is 3.11. The average Bonchev–Trinajstić information content (AvgIpc) is 3.05. The van der Waals surface area contributed by atoms with E-state index in [0.717, 1.165) is 11.1 Å². The van der Waals surface area contributed by atoms with Gasteiger partial charge in [0, 0.05) is 0 Å². The first kappa shape index (κ1) is 21.7. The largest absolute Gasteiger partial charge is 0.463 e. The van der Waals surface area contributed by atoms with Crippen molar-refractivity contribution in [2.24, 2.45) is 0 Å². The summed E-state index contributed by atoms with van der Waals surface area (Å²) in [6, 6.07) is 10.0. The molecule has 2 aromatic rings. The van der Waals surface area contributed by atoms with Crippen LogP contribution in [0.4, 0.5) is 0 Å². The van der Waals surface area contributed by atoms with Crippen LogP contribution in [0.15, 0.2) is 45.5 Å². The zero-order chi connectivity index (χ0) is 20.7. The molecule has 0 aliphatic rings. The molecule has 2 N–H and O–H groups in total. The third-order valence-corrected chi connectivity index (χ3v) is 4.19. The van der Waals surface area contributed by atoms with Gasteiger partial charge in [-0.05, 0) is 54.4 Å². The van der Waals surface area contributed by atoms with E-state index in [4.69, 9.17) is 9.15 Å². The van der Waals surface area contributed by atoms with Crippen molar-refractivity contribution >= 4 is 33.7 Å². The van der Waals surface area contributed by atoms with Gasteiger partial charge in [-0.25, -0.2) is 0 Å². The molecule has 150 valence electrons. The Morgan fingerprint density at radius 3 is 2.36 bits per heavy atom. The summed E-state index contributed by atoms with van der Waals surface area (Å²) in [5.41, 5.74) is 1.84. The molecular weight excluding hydrogens is 428 g/mol. The normalized spacial score (nSPS) is 11.8. The predicted octanol–water partition coefficient (Wildman–Crippen LogP) is 3.28. The molecule has 0 fully saturated rings. The molecule has 8 heteroatoms. The molecule has 7 nitrogen and oxygen atoms in total. The minimum atomic E-state index is -0.561. The number of aryl methyl sites for hydroxylation is 1. The van der Waals surface area contributed by atoms with Crippen molar-refractivity contribution in [3.63, 3.8) is 0 Å². The van der Waals surface area contributed by atoms with Gasteiger partial charge in [0.05, 0.1) is 25.1 Å². The highest BCUT2D eigenvalue weighted by Gasteiger charge is 2.21. The number of hydrogen-bond donors (Lipinski definition) is 2. The summed E-state index contributed by atoms with van der Waals surface area (Å²) < 4.78 is 10.8. The Kier molecular flexibility index (Phi) is 7.80. The van der Waals surface area contributed by atoms with Crippen molar-refractivity contribution in [3.8, 4) is 0 Å². The van der Waals surface area contributed by atoms with Crippen LogP contribution in [0.25, 0.3) is 0 Å². The van der Waals surface area contributed by atoms with Gasteiger partial charge in [0.15, 0.2) is 10.4 Å². The highest BCUT2D eigenvalue weighted by Crippen LogP contribution is 2.19. The van der Waals surface area contributed by atoms with E-state index in [2.05, 4.69) is 26.6 Å². The number of nitrogens with one attached hydrogen (secondary N) is 2. The van der Waals surface area contributed by atoms with Crippen LogP contribution in [-0.2, 0) is 14.3 Å². The fourth-order valence-electron chi connectivity index (χ4n) is 2.46. The Labute approximate surface area is 171 Å². The number of rotatable bonds is 8. The van der Waals surface area contributed by atoms with E-state index >= 15 is 0 Å². The lowest BCUT2D eigenvalue weighted by atomic mass is 10.0. The third kappa shape index (κ3) is 6.84. The molecule has 1 aromatic heterocycles. The lowest BCUT2D eigenvalue weighted by molar-refractivity contribution is -0.148. The molecule has 0 aliphatic heterocycles. The first-order valence-electron chi connectivity index (χ1n) is 8.83. The lowest BCUT2D eigenvalue weighted by Crippen LogP contribution is -2.39. The second-order valence-corrected chi connectivity index (χ2v) is 7.34. The van der Waals surface area contributed by atoms with Crippen molar-refractivity contribution in [3.05, 3.63) is 58.0 Å². The highest BCUT2D eigenvalue weighted by atomic mass is 79.9. The van der Waals surface area contributed by atoms with Crippen LogP contribution >= 0.6 is 15.9 Å². The second-order valence-electron chi connectivity index (χ2n) is 6.56. The lowest BCUT2D eigenvalue weighted by Gasteiger charge is -2.20. The Balaban J connectivity index is 1.99. The molecule has 0 bridgehead atoms. The van der Waals surface area contributed by atoms with Gasteiger partial charge >= 0.3 is 5.97 Å². The van der Waals surface area contributed by atoms with Crippen molar-refractivity contribution in [1.82, 2.24) is 10.6 Å². The summed E-state index contributed by atoms with van der Waals surface area (Å²) in [6.07, 6.45) is -0.250. The number of carbonyl (C=O) groups excluding carboxylic acids is 3. The van der Waals surface area contributed by atoms with Crippen LogP contribution < -0.4 is 10.6 Å². The molecule has 0 radical (unpaired) electrons. The molecule has 1 unspecified atom stereocenters. The standard InChI is InChI=1S/C20H23BrN2O5/c1-12(2)27-19(25)10-15(14-6-4-13(3)5-7-14)23-18(24)11-22-20(26)16-8-9-17(21)28-16/h4-9,12,15H,10-11H2,1-3H3,(H,22,26)(H,23,24). The summed E-state index contributed by atoms with van der Waals surface area (Å²) in [4.78, 5) is 36.4. The van der Waals surface area contributed by atoms with Crippen molar-refractivity contribution in [2.75, 3.05) is 6.54 Å². The number of amides is 2. The summed E-state index contributed by atoms with van der Waals surface area (Å²) in [6.45, 7) is 5.23. The molecule has 28 heavy (non-hydrogen) atoms. The zero-order valence-electron chi connectivity index (χ0n) is 16.0. The molecule has 0 saturated heterocycles. The van der Waals surface area contributed by atoms with Gasteiger partial charge in [0.25, 0.3) is 5.91 Å². The molecule has 1 atom stereocenters. The quantitative estimate of drug-likeness (QED) is 0.601. The summed E-state index contributed by atoms with van der Waals surface area (Å²) in [5.74, 6) is -1.26. The van der Waals surface area contributed by atoms with Gasteiger partial charge in [-0.2, -0.15) is 0 Å². The first-order chi connectivity index (χ1) is 13.2. The number of esters is 1. The monoisotopic (exact) mass is 450 g/mol. The molecule has 0 aliphatic carbocycles. The zero-order valence-corrected chi connectivity index (χ0v) is 17.5. The Hall–Kier alpha value is -2.61. The van der Waals surface area contributed by atoms with E-state index < -0.39 is 23.8 Å². The van der Waals surface area contributed by atoms with Gasteiger partial charge < -0.3 is 19.8 Å². The number of benzene rings is 1. The van der Waals surface area contributed by atoms with Crippen molar-refractivity contribution < 1.29 is 23.5 Å². The van der Waals surface area contributed by atoms with E-state index in [9.17, 15) is 14.4 Å². The summed E-state index contributed by atoms with van der Waals surface area (Å²) in [7, 11) is 0.